The fourth-order valence-electron chi connectivity index (χ4n) is 8.48. The van der Waals surface area contributed by atoms with Gasteiger partial charge in [-0.25, -0.2) is 0 Å². The first-order valence-corrected chi connectivity index (χ1v) is 29.6. The lowest BCUT2D eigenvalue weighted by Gasteiger charge is -2.30. The van der Waals surface area contributed by atoms with Crippen molar-refractivity contribution in [3.05, 3.63) is 24.3 Å². The number of rotatable bonds is 52. The van der Waals surface area contributed by atoms with E-state index in [0.29, 0.717) is 23.9 Å². The van der Waals surface area contributed by atoms with Crippen molar-refractivity contribution >= 4 is 13.7 Å². The summed E-state index contributed by atoms with van der Waals surface area (Å²) in [6, 6.07) is -0.799. The molecule has 8 nitrogen and oxygen atoms in total. The summed E-state index contributed by atoms with van der Waals surface area (Å²) in [7, 11) is 1.31. The molecule has 0 fully saturated rings. The SMILES string of the molecule is CCCCCCC/C=C\C/C=C\CCCCCCCCCCCCCCCC(=O)NC(COP(=O)([O-])OCC[N+](C)(C)C)C(O)CCCCCCCCCCCCCCCCCCCC. The number of likely N-dealkylation sites (N-methyl/N-ethyl adjacent to an activating group) is 1. The predicted molar refractivity (Wildman–Crippen MR) is 279 cm³/mol. The molecule has 0 spiro atoms. The zero-order valence-electron chi connectivity index (χ0n) is 44.0. The van der Waals surface area contributed by atoms with Crippen LogP contribution in [-0.2, 0) is 18.4 Å². The van der Waals surface area contributed by atoms with Crippen molar-refractivity contribution in [1.82, 2.24) is 5.32 Å². The summed E-state index contributed by atoms with van der Waals surface area (Å²) in [5.41, 5.74) is 0. The van der Waals surface area contributed by atoms with Gasteiger partial charge in [0.2, 0.25) is 5.91 Å². The van der Waals surface area contributed by atoms with E-state index in [2.05, 4.69) is 43.5 Å². The van der Waals surface area contributed by atoms with Gasteiger partial charge < -0.3 is 28.8 Å². The van der Waals surface area contributed by atoms with E-state index in [0.717, 1.165) is 44.9 Å². The summed E-state index contributed by atoms with van der Waals surface area (Å²) in [5, 5.41) is 14.0. The number of phosphoric acid groups is 1. The lowest BCUT2D eigenvalue weighted by atomic mass is 10.0. The molecule has 0 bridgehead atoms. The lowest BCUT2D eigenvalue weighted by molar-refractivity contribution is -0.870. The van der Waals surface area contributed by atoms with Crippen LogP contribution in [0.1, 0.15) is 277 Å². The number of nitrogens with one attached hydrogen (secondary N) is 1. The molecule has 65 heavy (non-hydrogen) atoms. The molecule has 0 heterocycles. The number of allylic oxidation sites excluding steroid dienone is 4. The van der Waals surface area contributed by atoms with E-state index in [1.165, 1.54) is 205 Å². The Morgan fingerprint density at radius 2 is 0.892 bits per heavy atom. The molecule has 2 N–H and O–H groups in total. The maximum atomic E-state index is 13.0. The van der Waals surface area contributed by atoms with Crippen LogP contribution in [0.5, 0.6) is 0 Å². The first-order chi connectivity index (χ1) is 31.5. The van der Waals surface area contributed by atoms with Gasteiger partial charge in [0.1, 0.15) is 13.2 Å². The van der Waals surface area contributed by atoms with Gasteiger partial charge in [0.25, 0.3) is 7.82 Å². The molecule has 0 radical (unpaired) electrons. The van der Waals surface area contributed by atoms with Gasteiger partial charge in [-0.3, -0.25) is 9.36 Å². The molecule has 0 aromatic heterocycles. The summed E-state index contributed by atoms with van der Waals surface area (Å²) in [6.45, 7) is 4.75. The van der Waals surface area contributed by atoms with Crippen LogP contribution in [-0.4, -0.2) is 68.5 Å². The fraction of sp³-hybridized carbons (Fsp3) is 0.911. The number of unbranched alkanes of at least 4 members (excludes halogenated alkanes) is 35. The number of carbonyl (C=O) groups is 1. The highest BCUT2D eigenvalue weighted by molar-refractivity contribution is 7.45. The number of quaternary nitrogens is 1. The molecule has 0 rings (SSSR count). The largest absolute Gasteiger partial charge is 0.756 e. The zero-order chi connectivity index (χ0) is 47.8. The van der Waals surface area contributed by atoms with Crippen LogP contribution in [0.25, 0.3) is 0 Å². The Hall–Kier alpha value is -1.02. The average Bonchev–Trinajstić information content (AvgIpc) is 3.26. The van der Waals surface area contributed by atoms with Gasteiger partial charge in [0, 0.05) is 6.42 Å². The van der Waals surface area contributed by atoms with Gasteiger partial charge in [-0.2, -0.15) is 0 Å². The van der Waals surface area contributed by atoms with Gasteiger partial charge in [0.05, 0.1) is 39.9 Å². The topological polar surface area (TPSA) is 108 Å². The molecule has 386 valence electrons. The van der Waals surface area contributed by atoms with E-state index in [1.807, 2.05) is 21.1 Å². The minimum absolute atomic E-state index is 0.0136. The Balaban J connectivity index is 4.16. The molecule has 1 amide bonds. The normalized spacial score (nSPS) is 14.1. The second kappa shape index (κ2) is 48.0. The van der Waals surface area contributed by atoms with E-state index in [9.17, 15) is 19.4 Å². The summed E-state index contributed by atoms with van der Waals surface area (Å²) in [6.07, 6.45) is 59.1. The van der Waals surface area contributed by atoms with E-state index >= 15 is 0 Å². The fourth-order valence-corrected chi connectivity index (χ4v) is 9.21. The highest BCUT2D eigenvalue weighted by atomic mass is 31.2. The highest BCUT2D eigenvalue weighted by Crippen LogP contribution is 2.38. The first-order valence-electron chi connectivity index (χ1n) is 28.2. The predicted octanol–water partition coefficient (Wildman–Crippen LogP) is 16.2. The maximum absolute atomic E-state index is 13.0. The molecular formula is C56H111N2O6P. The number of hydrogen-bond donors (Lipinski definition) is 2. The van der Waals surface area contributed by atoms with Gasteiger partial charge in [-0.05, 0) is 44.9 Å². The molecule has 9 heteroatoms. The highest BCUT2D eigenvalue weighted by Gasteiger charge is 2.24. The van der Waals surface area contributed by atoms with E-state index in [1.54, 1.807) is 0 Å². The molecule has 0 aromatic rings. The molecular weight excluding hydrogens is 828 g/mol. The Morgan fingerprint density at radius 3 is 1.28 bits per heavy atom. The van der Waals surface area contributed by atoms with Crippen molar-refractivity contribution in [3.63, 3.8) is 0 Å². The van der Waals surface area contributed by atoms with E-state index in [4.69, 9.17) is 9.05 Å². The van der Waals surface area contributed by atoms with Crippen LogP contribution >= 0.6 is 7.82 Å². The third-order valence-corrected chi connectivity index (χ3v) is 13.9. The molecule has 0 aliphatic carbocycles. The standard InChI is InChI=1S/C56H111N2O6P/c1-6-8-10-12-14-16-18-20-22-24-26-27-28-29-30-31-32-34-36-38-40-42-44-46-48-50-56(60)57-54(53-64-65(61,62)63-52-51-58(3,4)5)55(59)49-47-45-43-41-39-37-35-33-25-23-21-19-17-15-13-11-9-7-2/h18,20,24,26,54-55,59H,6-17,19,21-23,25,27-53H2,1-5H3,(H-,57,60,61,62)/b20-18-,26-24-. The van der Waals surface area contributed by atoms with Gasteiger partial charge in [0.15, 0.2) is 0 Å². The van der Waals surface area contributed by atoms with Crippen LogP contribution in [0.3, 0.4) is 0 Å². The number of phosphoric ester groups is 1. The minimum atomic E-state index is -4.57. The Labute approximate surface area is 404 Å². The van der Waals surface area contributed by atoms with Crippen LogP contribution in [0.4, 0.5) is 0 Å². The molecule has 0 aliphatic heterocycles. The third-order valence-electron chi connectivity index (χ3n) is 12.9. The minimum Gasteiger partial charge on any atom is -0.756 e. The van der Waals surface area contributed by atoms with Gasteiger partial charge >= 0.3 is 0 Å². The number of nitrogens with zero attached hydrogens (tertiary/aromatic N) is 1. The molecule has 0 aliphatic rings. The number of carbonyl (C=O) groups excluding carboxylic acids is 1. The van der Waals surface area contributed by atoms with Crippen molar-refractivity contribution in [2.75, 3.05) is 40.9 Å². The molecule has 0 aromatic carbocycles. The van der Waals surface area contributed by atoms with Crippen LogP contribution in [0.15, 0.2) is 24.3 Å². The second-order valence-corrected chi connectivity index (χ2v) is 22.1. The van der Waals surface area contributed by atoms with Crippen LogP contribution in [0, 0.1) is 0 Å². The third kappa shape index (κ3) is 50.7. The molecule has 0 saturated carbocycles. The number of aliphatic hydroxyl groups excluding tert-OH is 1. The number of amides is 1. The molecule has 3 atom stereocenters. The van der Waals surface area contributed by atoms with Gasteiger partial charge in [-0.15, -0.1) is 0 Å². The number of hydrogen-bond acceptors (Lipinski definition) is 6. The second-order valence-electron chi connectivity index (χ2n) is 20.6. The van der Waals surface area contributed by atoms with Gasteiger partial charge in [-0.1, -0.05) is 250 Å². The quantitative estimate of drug-likeness (QED) is 0.0272. The maximum Gasteiger partial charge on any atom is 0.268 e. The van der Waals surface area contributed by atoms with Crippen molar-refractivity contribution in [2.24, 2.45) is 0 Å². The lowest BCUT2D eigenvalue weighted by Crippen LogP contribution is -2.46. The Kier molecular flexibility index (Phi) is 47.3. The van der Waals surface area contributed by atoms with Crippen molar-refractivity contribution in [3.8, 4) is 0 Å². The monoisotopic (exact) mass is 939 g/mol. The van der Waals surface area contributed by atoms with Crippen molar-refractivity contribution in [2.45, 2.75) is 289 Å². The van der Waals surface area contributed by atoms with Crippen LogP contribution in [0.2, 0.25) is 0 Å². The molecule has 0 saturated heterocycles. The summed E-state index contributed by atoms with van der Waals surface area (Å²) >= 11 is 0. The van der Waals surface area contributed by atoms with E-state index in [-0.39, 0.29) is 19.1 Å². The first kappa shape index (κ1) is 64.0. The van der Waals surface area contributed by atoms with Crippen molar-refractivity contribution in [1.29, 1.82) is 0 Å². The summed E-state index contributed by atoms with van der Waals surface area (Å²) in [5.74, 6) is -0.162. The van der Waals surface area contributed by atoms with Crippen LogP contribution < -0.4 is 10.2 Å². The summed E-state index contributed by atoms with van der Waals surface area (Å²) < 4.78 is 23.4. The Morgan fingerprint density at radius 1 is 0.538 bits per heavy atom. The Bertz CT molecular complexity index is 1110. The average molecular weight is 939 g/mol. The van der Waals surface area contributed by atoms with E-state index < -0.39 is 20.0 Å². The summed E-state index contributed by atoms with van der Waals surface area (Å²) in [4.78, 5) is 25.5. The smallest absolute Gasteiger partial charge is 0.268 e. The zero-order valence-corrected chi connectivity index (χ0v) is 44.9. The van der Waals surface area contributed by atoms with Crippen molar-refractivity contribution < 1.29 is 32.9 Å². The number of aliphatic hydroxyl groups is 1. The molecule has 3 unspecified atom stereocenters.